The van der Waals surface area contributed by atoms with Gasteiger partial charge in [-0.1, -0.05) is 66.7 Å². The Hall–Kier alpha value is -4.71. The molecule has 192 valence electrons. The van der Waals surface area contributed by atoms with Crippen LogP contribution in [0.5, 0.6) is 11.5 Å². The maximum absolute atomic E-state index is 14.2. The van der Waals surface area contributed by atoms with E-state index in [1.54, 1.807) is 13.2 Å². The fraction of sp³-hybridized carbons (Fsp3) is 0.182. The first-order chi connectivity index (χ1) is 19.0. The van der Waals surface area contributed by atoms with E-state index in [-0.39, 0.29) is 11.8 Å². The lowest BCUT2D eigenvalue weighted by Crippen LogP contribution is -2.42. The highest BCUT2D eigenvalue weighted by molar-refractivity contribution is 6.25. The summed E-state index contributed by atoms with van der Waals surface area (Å²) in [7, 11) is 1.60. The van der Waals surface area contributed by atoms with Crippen molar-refractivity contribution >= 4 is 39.8 Å². The van der Waals surface area contributed by atoms with Crippen molar-refractivity contribution in [3.63, 3.8) is 0 Å². The van der Waals surface area contributed by atoms with E-state index < -0.39 is 29.6 Å². The van der Waals surface area contributed by atoms with Gasteiger partial charge in [0.1, 0.15) is 11.5 Å². The molecule has 0 N–H and O–H groups in total. The summed E-state index contributed by atoms with van der Waals surface area (Å²) in [5.41, 5.74) is 3.80. The number of esters is 1. The number of anilines is 1. The van der Waals surface area contributed by atoms with E-state index >= 15 is 0 Å². The Morgan fingerprint density at radius 3 is 2.28 bits per heavy atom. The molecule has 0 saturated carbocycles. The van der Waals surface area contributed by atoms with Gasteiger partial charge in [-0.15, -0.1) is 0 Å². The Morgan fingerprint density at radius 1 is 0.795 bits per heavy atom. The largest absolute Gasteiger partial charge is 0.497 e. The van der Waals surface area contributed by atoms with Gasteiger partial charge in [0.05, 0.1) is 30.6 Å². The number of rotatable bonds is 3. The van der Waals surface area contributed by atoms with Crippen molar-refractivity contribution in [2.45, 2.75) is 12.8 Å². The number of imide groups is 1. The third-order valence-corrected chi connectivity index (χ3v) is 8.34. The number of ether oxygens (including phenoxy) is 2. The number of fused-ring (bicyclic) bond motifs is 7. The molecule has 4 aromatic rings. The fourth-order valence-electron chi connectivity index (χ4n) is 6.54. The Kier molecular flexibility index (Phi) is 5.20. The number of amides is 2. The van der Waals surface area contributed by atoms with Crippen LogP contribution in [0.15, 0.2) is 91.0 Å². The molecule has 3 aliphatic rings. The molecule has 1 saturated heterocycles. The number of aryl methyl sites for hydroxylation is 1. The van der Waals surface area contributed by atoms with Gasteiger partial charge in [0.2, 0.25) is 11.8 Å². The SMILES string of the molecule is COc1ccc([C@@H]2C=C3c4c(ccc5ccccc45)OC(=O)[C@@H]3[C@@H]3C(=O)N(c4ccccc4C)C(=O)[C@@H]32)cc1. The van der Waals surface area contributed by atoms with Crippen molar-refractivity contribution in [1.82, 2.24) is 0 Å². The Bertz CT molecular complexity index is 1720. The highest BCUT2D eigenvalue weighted by Crippen LogP contribution is 2.56. The van der Waals surface area contributed by atoms with Crippen molar-refractivity contribution in [2.75, 3.05) is 12.0 Å². The predicted octanol–water partition coefficient (Wildman–Crippen LogP) is 5.68. The van der Waals surface area contributed by atoms with Crippen LogP contribution in [0.2, 0.25) is 0 Å². The lowest BCUT2D eigenvalue weighted by molar-refractivity contribution is -0.142. The zero-order chi connectivity index (χ0) is 26.8. The maximum atomic E-state index is 14.2. The lowest BCUT2D eigenvalue weighted by atomic mass is 9.64. The molecule has 4 atom stereocenters. The zero-order valence-electron chi connectivity index (χ0n) is 21.5. The van der Waals surface area contributed by atoms with Crippen LogP contribution in [0, 0.1) is 24.7 Å². The second-order valence-electron chi connectivity index (χ2n) is 10.3. The molecular formula is C33H25NO5. The number of benzene rings is 4. The molecule has 0 bridgehead atoms. The number of nitrogens with zero attached hydrogens (tertiary/aromatic N) is 1. The lowest BCUT2D eigenvalue weighted by Gasteiger charge is -2.38. The molecular weight excluding hydrogens is 490 g/mol. The molecule has 2 heterocycles. The average Bonchev–Trinajstić information content (AvgIpc) is 3.22. The van der Waals surface area contributed by atoms with Gasteiger partial charge >= 0.3 is 5.97 Å². The topological polar surface area (TPSA) is 72.9 Å². The first-order valence-electron chi connectivity index (χ1n) is 13.0. The molecule has 1 aliphatic carbocycles. The van der Waals surface area contributed by atoms with Gasteiger partial charge in [-0.25, -0.2) is 4.90 Å². The minimum atomic E-state index is -0.885. The molecule has 39 heavy (non-hydrogen) atoms. The molecule has 0 radical (unpaired) electrons. The van der Waals surface area contributed by atoms with E-state index in [1.807, 2.05) is 91.9 Å². The highest BCUT2D eigenvalue weighted by atomic mass is 16.5. The maximum Gasteiger partial charge on any atom is 0.319 e. The molecule has 4 aromatic carbocycles. The van der Waals surface area contributed by atoms with E-state index in [0.717, 1.165) is 33.0 Å². The number of carbonyl (C=O) groups is 3. The number of methoxy groups -OCH3 is 1. The molecule has 2 amide bonds. The Balaban J connectivity index is 1.47. The van der Waals surface area contributed by atoms with Gasteiger partial charge in [-0.3, -0.25) is 14.4 Å². The summed E-state index contributed by atoms with van der Waals surface area (Å²) in [6.45, 7) is 1.87. The summed E-state index contributed by atoms with van der Waals surface area (Å²) in [4.78, 5) is 43.2. The van der Waals surface area contributed by atoms with Crippen LogP contribution in [-0.4, -0.2) is 24.9 Å². The minimum Gasteiger partial charge on any atom is -0.497 e. The number of carbonyl (C=O) groups excluding carboxylic acids is 3. The number of hydrogen-bond acceptors (Lipinski definition) is 5. The van der Waals surface area contributed by atoms with Crippen LogP contribution >= 0.6 is 0 Å². The minimum absolute atomic E-state index is 0.299. The van der Waals surface area contributed by atoms with Gasteiger partial charge in [-0.2, -0.15) is 0 Å². The standard InChI is InChI=1S/C33H25NO5/c1-18-7-3-6-10-25(18)34-31(35)28-23(20-11-14-21(38-2)15-12-20)17-24-27-22-9-5-4-8-19(22)13-16-26(27)39-33(37)29(24)30(28)32(34)36/h3-17,23,28-30H,1-2H3/t23-,28+,29-,30+/m0/s1. The second-order valence-corrected chi connectivity index (χ2v) is 10.3. The molecule has 0 aromatic heterocycles. The molecule has 0 spiro atoms. The Labute approximate surface area is 225 Å². The highest BCUT2D eigenvalue weighted by Gasteiger charge is 2.60. The van der Waals surface area contributed by atoms with E-state index in [9.17, 15) is 14.4 Å². The van der Waals surface area contributed by atoms with Crippen molar-refractivity contribution in [2.24, 2.45) is 17.8 Å². The van der Waals surface area contributed by atoms with Crippen LogP contribution in [-0.2, 0) is 14.4 Å². The summed E-state index contributed by atoms with van der Waals surface area (Å²) < 4.78 is 11.2. The molecule has 0 unspecified atom stereocenters. The first-order valence-corrected chi connectivity index (χ1v) is 13.0. The van der Waals surface area contributed by atoms with Crippen molar-refractivity contribution in [1.29, 1.82) is 0 Å². The average molecular weight is 516 g/mol. The summed E-state index contributed by atoms with van der Waals surface area (Å²) in [5.74, 6) is -2.93. The fourth-order valence-corrected chi connectivity index (χ4v) is 6.54. The van der Waals surface area contributed by atoms with Crippen LogP contribution in [0.3, 0.4) is 0 Å². The monoisotopic (exact) mass is 515 g/mol. The normalized spacial score (nSPS) is 23.6. The third kappa shape index (κ3) is 3.37. The molecule has 6 heteroatoms. The van der Waals surface area contributed by atoms with E-state index in [2.05, 4.69) is 0 Å². The van der Waals surface area contributed by atoms with Gasteiger partial charge in [0, 0.05) is 11.5 Å². The van der Waals surface area contributed by atoms with Gasteiger partial charge in [-0.05, 0) is 58.7 Å². The molecule has 7 rings (SSSR count). The van der Waals surface area contributed by atoms with Crippen molar-refractivity contribution < 1.29 is 23.9 Å². The summed E-state index contributed by atoms with van der Waals surface area (Å²) in [5, 5.41) is 1.95. The van der Waals surface area contributed by atoms with E-state index in [0.29, 0.717) is 17.2 Å². The smallest absolute Gasteiger partial charge is 0.319 e. The predicted molar refractivity (Wildman–Crippen MR) is 147 cm³/mol. The van der Waals surface area contributed by atoms with Crippen molar-refractivity contribution in [3.8, 4) is 11.5 Å². The van der Waals surface area contributed by atoms with Crippen LogP contribution < -0.4 is 14.4 Å². The third-order valence-electron chi connectivity index (χ3n) is 8.34. The van der Waals surface area contributed by atoms with Crippen LogP contribution in [0.25, 0.3) is 16.3 Å². The number of allylic oxidation sites excluding steroid dienone is 1. The van der Waals surface area contributed by atoms with Gasteiger partial charge < -0.3 is 9.47 Å². The summed E-state index contributed by atoms with van der Waals surface area (Å²) >= 11 is 0. The van der Waals surface area contributed by atoms with E-state index in [4.69, 9.17) is 9.47 Å². The van der Waals surface area contributed by atoms with Crippen LogP contribution in [0.1, 0.15) is 22.6 Å². The van der Waals surface area contributed by atoms with Crippen molar-refractivity contribution in [3.05, 3.63) is 108 Å². The summed E-state index contributed by atoms with van der Waals surface area (Å²) in [6, 6.07) is 26.6. The quantitative estimate of drug-likeness (QED) is 0.199. The van der Waals surface area contributed by atoms with Crippen LogP contribution in [0.4, 0.5) is 5.69 Å². The number of hydrogen-bond donors (Lipinski definition) is 0. The van der Waals surface area contributed by atoms with E-state index in [1.165, 1.54) is 4.90 Å². The first kappa shape index (κ1) is 23.4. The zero-order valence-corrected chi connectivity index (χ0v) is 21.5. The molecule has 6 nitrogen and oxygen atoms in total. The number of para-hydroxylation sites is 1. The molecule has 2 aliphatic heterocycles. The molecule has 1 fully saturated rings. The van der Waals surface area contributed by atoms with Gasteiger partial charge in [0.15, 0.2) is 0 Å². The summed E-state index contributed by atoms with van der Waals surface area (Å²) in [6.07, 6.45) is 2.02. The van der Waals surface area contributed by atoms with Gasteiger partial charge in [0.25, 0.3) is 0 Å². The second kappa shape index (κ2) is 8.67. The Morgan fingerprint density at radius 2 is 1.51 bits per heavy atom.